The topological polar surface area (TPSA) is 50.2 Å². The number of nitrogens with zero attached hydrogens (tertiary/aromatic N) is 3. The fourth-order valence-corrected chi connectivity index (χ4v) is 3.42. The SMILES string of the molecule is O=c1nc(NCc2cc(F)c(F)cc2F)cc2n1C[C@H]1CCCN21. The zero-order valence-corrected chi connectivity index (χ0v) is 12.7. The average Bonchev–Trinajstić information content (AvgIpc) is 3.12. The Labute approximate surface area is 135 Å². The normalized spacial score (nSPS) is 18.6. The highest BCUT2D eigenvalue weighted by atomic mass is 19.2. The number of nitrogens with one attached hydrogen (secondary N) is 1. The Kier molecular flexibility index (Phi) is 3.47. The molecule has 1 N–H and O–H groups in total. The summed E-state index contributed by atoms with van der Waals surface area (Å²) >= 11 is 0. The van der Waals surface area contributed by atoms with E-state index in [0.29, 0.717) is 24.5 Å². The molecule has 24 heavy (non-hydrogen) atoms. The molecular formula is C16H15F3N4O. The highest BCUT2D eigenvalue weighted by Gasteiger charge is 2.34. The van der Waals surface area contributed by atoms with Crippen LogP contribution in [0.15, 0.2) is 23.0 Å². The molecule has 2 aliphatic rings. The number of benzene rings is 1. The zero-order chi connectivity index (χ0) is 16.8. The van der Waals surface area contributed by atoms with Crippen molar-refractivity contribution in [2.24, 2.45) is 0 Å². The highest BCUT2D eigenvalue weighted by molar-refractivity contribution is 5.53. The molecule has 1 fully saturated rings. The van der Waals surface area contributed by atoms with Crippen LogP contribution in [0.2, 0.25) is 0 Å². The number of rotatable bonds is 3. The summed E-state index contributed by atoms with van der Waals surface area (Å²) in [4.78, 5) is 18.3. The maximum atomic E-state index is 13.7. The van der Waals surface area contributed by atoms with Crippen molar-refractivity contribution in [3.05, 3.63) is 51.7 Å². The summed E-state index contributed by atoms with van der Waals surface area (Å²) in [5.41, 5.74) is -0.398. The molecule has 0 aliphatic carbocycles. The van der Waals surface area contributed by atoms with Crippen molar-refractivity contribution in [1.29, 1.82) is 0 Å². The Hall–Kier alpha value is -2.51. The van der Waals surface area contributed by atoms with Crippen molar-refractivity contribution in [2.75, 3.05) is 16.8 Å². The molecule has 1 saturated heterocycles. The van der Waals surface area contributed by atoms with Crippen LogP contribution in [-0.2, 0) is 13.1 Å². The van der Waals surface area contributed by atoms with E-state index in [1.165, 1.54) is 0 Å². The summed E-state index contributed by atoms with van der Waals surface area (Å²) < 4.78 is 41.5. The van der Waals surface area contributed by atoms with Crippen LogP contribution in [0.4, 0.5) is 24.8 Å². The lowest BCUT2D eigenvalue weighted by atomic mass is 10.2. The van der Waals surface area contributed by atoms with Gasteiger partial charge in [0.1, 0.15) is 17.5 Å². The highest BCUT2D eigenvalue weighted by Crippen LogP contribution is 2.32. The summed E-state index contributed by atoms with van der Waals surface area (Å²) in [6, 6.07) is 3.38. The molecule has 3 heterocycles. The standard InChI is InChI=1S/C16H15F3N4O/c17-11-5-13(19)12(18)4-9(11)7-20-14-6-15-22-3-1-2-10(22)8-23(15)16(24)21-14/h4-6,10H,1-3,7-8H2,(H,20,21,24)/t10-/m1/s1. The Bertz CT molecular complexity index is 867. The van der Waals surface area contributed by atoms with E-state index in [-0.39, 0.29) is 17.8 Å². The van der Waals surface area contributed by atoms with Crippen LogP contribution >= 0.6 is 0 Å². The maximum Gasteiger partial charge on any atom is 0.351 e. The van der Waals surface area contributed by atoms with E-state index in [9.17, 15) is 18.0 Å². The number of aromatic nitrogens is 2. The van der Waals surface area contributed by atoms with Gasteiger partial charge in [0.2, 0.25) is 0 Å². The fourth-order valence-electron chi connectivity index (χ4n) is 3.42. The summed E-state index contributed by atoms with van der Waals surface area (Å²) in [5, 5.41) is 2.82. The minimum atomic E-state index is -1.23. The molecule has 1 atom stereocenters. The van der Waals surface area contributed by atoms with Gasteiger partial charge >= 0.3 is 5.69 Å². The quantitative estimate of drug-likeness (QED) is 0.874. The molecule has 2 aromatic rings. The summed E-state index contributed by atoms with van der Waals surface area (Å²) in [5.74, 6) is -2.10. The minimum Gasteiger partial charge on any atom is -0.366 e. The molecule has 0 bridgehead atoms. The number of fused-ring (bicyclic) bond motifs is 3. The van der Waals surface area contributed by atoms with Gasteiger partial charge in [-0.3, -0.25) is 4.57 Å². The molecule has 2 aliphatic heterocycles. The van der Waals surface area contributed by atoms with Crippen LogP contribution in [0, 0.1) is 17.5 Å². The van der Waals surface area contributed by atoms with E-state index in [0.717, 1.165) is 31.3 Å². The van der Waals surface area contributed by atoms with Crippen LogP contribution in [0.25, 0.3) is 0 Å². The third-order valence-corrected chi connectivity index (χ3v) is 4.60. The van der Waals surface area contributed by atoms with Crippen molar-refractivity contribution in [1.82, 2.24) is 9.55 Å². The third-order valence-electron chi connectivity index (χ3n) is 4.60. The number of hydrogen-bond acceptors (Lipinski definition) is 4. The lowest BCUT2D eigenvalue weighted by Crippen LogP contribution is -2.24. The molecule has 1 aromatic carbocycles. The van der Waals surface area contributed by atoms with Crippen LogP contribution in [0.5, 0.6) is 0 Å². The minimum absolute atomic E-state index is 0.0321. The lowest BCUT2D eigenvalue weighted by Gasteiger charge is -2.17. The molecule has 126 valence electrons. The van der Waals surface area contributed by atoms with E-state index in [1.807, 2.05) is 0 Å². The van der Waals surface area contributed by atoms with Crippen LogP contribution < -0.4 is 15.9 Å². The van der Waals surface area contributed by atoms with Crippen LogP contribution in [0.3, 0.4) is 0 Å². The van der Waals surface area contributed by atoms with Gasteiger partial charge in [0.05, 0.1) is 0 Å². The van der Waals surface area contributed by atoms with Gasteiger partial charge in [-0.05, 0) is 18.9 Å². The first-order valence-electron chi connectivity index (χ1n) is 7.79. The summed E-state index contributed by atoms with van der Waals surface area (Å²) in [7, 11) is 0. The molecule has 0 radical (unpaired) electrons. The van der Waals surface area contributed by atoms with Gasteiger partial charge in [-0.15, -0.1) is 0 Å². The predicted octanol–water partition coefficient (Wildman–Crippen LogP) is 2.26. The molecule has 5 nitrogen and oxygen atoms in total. The van der Waals surface area contributed by atoms with E-state index in [1.54, 1.807) is 10.6 Å². The van der Waals surface area contributed by atoms with Gasteiger partial charge in [0.25, 0.3) is 0 Å². The van der Waals surface area contributed by atoms with Crippen LogP contribution in [-0.4, -0.2) is 22.1 Å². The molecule has 4 rings (SSSR count). The molecule has 1 aromatic heterocycles. The molecule has 0 saturated carbocycles. The van der Waals surface area contributed by atoms with Gasteiger partial charge in [0.15, 0.2) is 11.6 Å². The molecule has 0 unspecified atom stereocenters. The second-order valence-corrected chi connectivity index (χ2v) is 6.09. The van der Waals surface area contributed by atoms with E-state index >= 15 is 0 Å². The Morgan fingerprint density at radius 3 is 2.79 bits per heavy atom. The van der Waals surface area contributed by atoms with Crippen molar-refractivity contribution in [2.45, 2.75) is 32.0 Å². The third kappa shape index (κ3) is 2.42. The second-order valence-electron chi connectivity index (χ2n) is 6.09. The Morgan fingerprint density at radius 2 is 1.96 bits per heavy atom. The van der Waals surface area contributed by atoms with Gasteiger partial charge in [-0.1, -0.05) is 0 Å². The first-order valence-corrected chi connectivity index (χ1v) is 7.79. The maximum absolute atomic E-state index is 13.7. The number of halogens is 3. The fraction of sp³-hybridized carbons (Fsp3) is 0.375. The lowest BCUT2D eigenvalue weighted by molar-refractivity contribution is 0.490. The van der Waals surface area contributed by atoms with Gasteiger partial charge in [-0.25, -0.2) is 18.0 Å². The van der Waals surface area contributed by atoms with Crippen LogP contribution in [0.1, 0.15) is 18.4 Å². The molecule has 0 amide bonds. The first-order chi connectivity index (χ1) is 11.5. The molecular weight excluding hydrogens is 321 g/mol. The smallest absolute Gasteiger partial charge is 0.351 e. The van der Waals surface area contributed by atoms with Crippen molar-refractivity contribution in [3.8, 4) is 0 Å². The average molecular weight is 336 g/mol. The van der Waals surface area contributed by atoms with Gasteiger partial charge in [-0.2, -0.15) is 4.98 Å². The van der Waals surface area contributed by atoms with E-state index in [2.05, 4.69) is 15.2 Å². The zero-order valence-electron chi connectivity index (χ0n) is 12.7. The largest absolute Gasteiger partial charge is 0.366 e. The number of anilines is 2. The molecule has 0 spiro atoms. The van der Waals surface area contributed by atoms with Crippen molar-refractivity contribution < 1.29 is 13.2 Å². The summed E-state index contributed by atoms with van der Waals surface area (Å²) in [6.45, 7) is 1.44. The molecule has 8 heteroatoms. The van der Waals surface area contributed by atoms with E-state index in [4.69, 9.17) is 0 Å². The monoisotopic (exact) mass is 336 g/mol. The van der Waals surface area contributed by atoms with Crippen molar-refractivity contribution >= 4 is 11.6 Å². The van der Waals surface area contributed by atoms with Gasteiger partial charge in [0, 0.05) is 43.4 Å². The first kappa shape index (κ1) is 15.0. The van der Waals surface area contributed by atoms with E-state index < -0.39 is 17.5 Å². The van der Waals surface area contributed by atoms with Crippen molar-refractivity contribution in [3.63, 3.8) is 0 Å². The second kappa shape index (κ2) is 5.54. The van der Waals surface area contributed by atoms with Gasteiger partial charge < -0.3 is 10.2 Å². The Morgan fingerprint density at radius 1 is 1.17 bits per heavy atom. The Balaban J connectivity index is 1.58. The predicted molar refractivity (Wildman–Crippen MR) is 82.5 cm³/mol. The number of hydrogen-bond donors (Lipinski definition) is 1. The summed E-state index contributed by atoms with van der Waals surface area (Å²) in [6.07, 6.45) is 2.13.